The molecule has 6 nitrogen and oxygen atoms in total. The second-order valence-electron chi connectivity index (χ2n) is 11.2. The number of amides is 2. The van der Waals surface area contributed by atoms with Gasteiger partial charge in [-0.05, 0) is 75.3 Å². The minimum atomic E-state index is -0.510. The molecule has 0 radical (unpaired) electrons. The van der Waals surface area contributed by atoms with Gasteiger partial charge < -0.3 is 14.7 Å². The minimum Gasteiger partial charge on any atom is -0.336 e. The smallest absolute Gasteiger partial charge is 0.253 e. The topological polar surface area (TPSA) is 47.1 Å². The van der Waals surface area contributed by atoms with Crippen LogP contribution in [0, 0.1) is 5.41 Å². The monoisotopic (exact) mass is 546 g/mol. The van der Waals surface area contributed by atoms with Crippen molar-refractivity contribution >= 4 is 23.4 Å². The van der Waals surface area contributed by atoms with E-state index in [1.807, 2.05) is 78.3 Å². The summed E-state index contributed by atoms with van der Waals surface area (Å²) in [5.41, 5.74) is 4.38. The zero-order chi connectivity index (χ0) is 27.7. The van der Waals surface area contributed by atoms with Crippen molar-refractivity contribution in [2.75, 3.05) is 53.4 Å². The maximum absolute atomic E-state index is 14.0. The number of likely N-dealkylation sites (tertiary alicyclic amines) is 1. The molecule has 7 heteroatoms. The van der Waals surface area contributed by atoms with Crippen molar-refractivity contribution in [3.63, 3.8) is 0 Å². The lowest BCUT2D eigenvalue weighted by molar-refractivity contribution is -0.131. The van der Waals surface area contributed by atoms with E-state index in [1.54, 1.807) is 0 Å². The lowest BCUT2D eigenvalue weighted by atomic mass is 9.91. The molecule has 5 rings (SSSR count). The average molecular weight is 547 g/mol. The third-order valence-electron chi connectivity index (χ3n) is 8.51. The lowest BCUT2D eigenvalue weighted by Gasteiger charge is -2.35. The quantitative estimate of drug-likeness (QED) is 0.489. The maximum Gasteiger partial charge on any atom is 0.253 e. The molecule has 2 aromatic rings. The Hall–Kier alpha value is -2.93. The van der Waals surface area contributed by atoms with Crippen LogP contribution in [0.25, 0.3) is 0 Å². The van der Waals surface area contributed by atoms with Gasteiger partial charge in [0.05, 0.1) is 12.0 Å². The van der Waals surface area contributed by atoms with Gasteiger partial charge in [-0.2, -0.15) is 0 Å². The second kappa shape index (κ2) is 11.3. The number of benzene rings is 2. The molecule has 0 aromatic heterocycles. The summed E-state index contributed by atoms with van der Waals surface area (Å²) >= 11 is 6.12. The number of halogens is 1. The summed E-state index contributed by atoms with van der Waals surface area (Å²) in [5, 5.41) is 0.703. The standard InChI is InChI=1S/C32H39ClN4O2/c1-5-27-29(6-2)37(31(39)32(27)21-28(32)24-10-12-26(33)13-11-24)22-23-8-7-9-25(20-23)30(38)36-18-16-35(17-19-36)15-14-34(3)4/h5-13,20,28H,14-19,21-22H2,1-4H3. The Morgan fingerprint density at radius 1 is 1.05 bits per heavy atom. The Balaban J connectivity index is 1.30. The van der Waals surface area contributed by atoms with Crippen LogP contribution < -0.4 is 0 Å². The number of rotatable bonds is 7. The zero-order valence-corrected chi connectivity index (χ0v) is 24.2. The predicted octanol–water partition coefficient (Wildman–Crippen LogP) is 5.03. The van der Waals surface area contributed by atoms with Crippen LogP contribution in [0.15, 0.2) is 72.0 Å². The van der Waals surface area contributed by atoms with Gasteiger partial charge in [0.1, 0.15) is 0 Å². The Kier molecular flexibility index (Phi) is 7.99. The van der Waals surface area contributed by atoms with Crippen LogP contribution in [0.4, 0.5) is 0 Å². The first-order valence-corrected chi connectivity index (χ1v) is 14.3. The highest BCUT2D eigenvalue weighted by molar-refractivity contribution is 6.30. The Morgan fingerprint density at radius 2 is 1.77 bits per heavy atom. The van der Waals surface area contributed by atoms with E-state index in [4.69, 9.17) is 11.6 Å². The molecule has 3 aliphatic rings. The van der Waals surface area contributed by atoms with Crippen LogP contribution in [-0.2, 0) is 11.3 Å². The molecule has 2 aliphatic heterocycles. The van der Waals surface area contributed by atoms with Gasteiger partial charge in [-0.1, -0.05) is 48.0 Å². The van der Waals surface area contributed by atoms with E-state index < -0.39 is 5.41 Å². The number of likely N-dealkylation sites (N-methyl/N-ethyl adjacent to an activating group) is 1. The molecule has 2 unspecified atom stereocenters. The first-order chi connectivity index (χ1) is 18.8. The van der Waals surface area contributed by atoms with Crippen LogP contribution in [0.2, 0.25) is 5.02 Å². The van der Waals surface area contributed by atoms with E-state index >= 15 is 0 Å². The van der Waals surface area contributed by atoms with Gasteiger partial charge in [0.25, 0.3) is 5.91 Å². The van der Waals surface area contributed by atoms with Crippen LogP contribution >= 0.6 is 11.6 Å². The van der Waals surface area contributed by atoms with E-state index in [-0.39, 0.29) is 17.7 Å². The fraction of sp³-hybridized carbons (Fsp3) is 0.438. The molecular formula is C32H39ClN4O2. The molecule has 0 N–H and O–H groups in total. The normalized spacial score (nSPS) is 25.5. The molecule has 39 heavy (non-hydrogen) atoms. The van der Waals surface area contributed by atoms with E-state index in [9.17, 15) is 9.59 Å². The molecule has 2 atom stereocenters. The molecule has 0 bridgehead atoms. The van der Waals surface area contributed by atoms with Crippen molar-refractivity contribution in [1.82, 2.24) is 19.6 Å². The average Bonchev–Trinajstić information content (AvgIpc) is 3.65. The Bertz CT molecular complexity index is 1290. The first-order valence-electron chi connectivity index (χ1n) is 13.9. The maximum atomic E-state index is 14.0. The lowest BCUT2D eigenvalue weighted by Crippen LogP contribution is -2.50. The fourth-order valence-corrected chi connectivity index (χ4v) is 6.42. The molecule has 1 saturated carbocycles. The Morgan fingerprint density at radius 3 is 2.41 bits per heavy atom. The summed E-state index contributed by atoms with van der Waals surface area (Å²) in [5.74, 6) is 0.366. The van der Waals surface area contributed by atoms with Gasteiger partial charge in [0, 0.05) is 61.5 Å². The highest BCUT2D eigenvalue weighted by Crippen LogP contribution is 2.69. The molecule has 2 amide bonds. The summed E-state index contributed by atoms with van der Waals surface area (Å²) in [6, 6.07) is 15.7. The van der Waals surface area contributed by atoms with Crippen LogP contribution in [0.1, 0.15) is 47.7 Å². The third-order valence-corrected chi connectivity index (χ3v) is 8.76. The summed E-state index contributed by atoms with van der Waals surface area (Å²) in [4.78, 5) is 35.9. The van der Waals surface area contributed by atoms with E-state index in [2.05, 4.69) is 30.0 Å². The van der Waals surface area contributed by atoms with Gasteiger partial charge >= 0.3 is 0 Å². The van der Waals surface area contributed by atoms with Gasteiger partial charge in [0.15, 0.2) is 0 Å². The van der Waals surface area contributed by atoms with Crippen molar-refractivity contribution in [1.29, 1.82) is 0 Å². The zero-order valence-electron chi connectivity index (χ0n) is 23.5. The summed E-state index contributed by atoms with van der Waals surface area (Å²) < 4.78 is 0. The van der Waals surface area contributed by atoms with Crippen LogP contribution in [-0.4, -0.2) is 84.8 Å². The highest BCUT2D eigenvalue weighted by Gasteiger charge is 2.68. The molecule has 1 spiro atoms. The number of carbonyl (C=O) groups excluding carboxylic acids is 2. The third kappa shape index (κ3) is 5.30. The summed E-state index contributed by atoms with van der Waals surface area (Å²) in [7, 11) is 4.17. The number of allylic oxidation sites excluding steroid dienone is 3. The molecule has 1 aliphatic carbocycles. The fourth-order valence-electron chi connectivity index (χ4n) is 6.29. The van der Waals surface area contributed by atoms with Gasteiger partial charge in [0.2, 0.25) is 5.91 Å². The number of nitrogens with zero attached hydrogens (tertiary/aromatic N) is 4. The van der Waals surface area contributed by atoms with Gasteiger partial charge in [-0.25, -0.2) is 0 Å². The minimum absolute atomic E-state index is 0.0683. The van der Waals surface area contributed by atoms with Crippen molar-refractivity contribution in [2.45, 2.75) is 32.7 Å². The number of carbonyl (C=O) groups is 2. The summed E-state index contributed by atoms with van der Waals surface area (Å²) in [6.07, 6.45) is 4.95. The van der Waals surface area contributed by atoms with Crippen molar-refractivity contribution in [3.05, 3.63) is 93.7 Å². The number of piperazine rings is 1. The van der Waals surface area contributed by atoms with Gasteiger partial charge in [-0.15, -0.1) is 0 Å². The van der Waals surface area contributed by atoms with Crippen molar-refractivity contribution in [3.8, 4) is 0 Å². The van der Waals surface area contributed by atoms with Crippen molar-refractivity contribution in [2.24, 2.45) is 5.41 Å². The van der Waals surface area contributed by atoms with E-state index in [1.165, 1.54) is 0 Å². The van der Waals surface area contributed by atoms with Gasteiger partial charge in [-0.3, -0.25) is 14.5 Å². The largest absolute Gasteiger partial charge is 0.336 e. The SMILES string of the molecule is CC=C1C(=CC)C2(CC2c2ccc(Cl)cc2)C(=O)N1Cc1cccc(C(=O)N2CCN(CCN(C)C)CC2)c1. The van der Waals surface area contributed by atoms with Crippen LogP contribution in [0.5, 0.6) is 0 Å². The molecule has 206 valence electrons. The van der Waals surface area contributed by atoms with Crippen molar-refractivity contribution < 1.29 is 9.59 Å². The molecule has 3 fully saturated rings. The number of hydrogen-bond acceptors (Lipinski definition) is 4. The molecular weight excluding hydrogens is 508 g/mol. The van der Waals surface area contributed by atoms with Crippen LogP contribution in [0.3, 0.4) is 0 Å². The summed E-state index contributed by atoms with van der Waals surface area (Å²) in [6.45, 7) is 9.79. The molecule has 2 heterocycles. The van der Waals surface area contributed by atoms with E-state index in [0.717, 1.165) is 68.1 Å². The molecule has 2 aromatic carbocycles. The number of hydrogen-bond donors (Lipinski definition) is 0. The Labute approximate surface area is 237 Å². The highest BCUT2D eigenvalue weighted by atomic mass is 35.5. The second-order valence-corrected chi connectivity index (χ2v) is 11.6. The van der Waals surface area contributed by atoms with E-state index in [0.29, 0.717) is 17.1 Å². The molecule has 2 saturated heterocycles. The first kappa shape index (κ1) is 27.6. The predicted molar refractivity (Wildman–Crippen MR) is 157 cm³/mol.